The standard InChI is InChI=1S/C22H18N2O4S/c25-18-10-14-6-2-1-5-13(14)9-16(18)21(27)28-12-15-11-20(26)24-17-7-3-4-8-19(17)29-22(24)23-15/h1-2,5-6,9-11,25H,3-4,7-8,12H2. The Hall–Kier alpha value is -3.19. The van der Waals surface area contributed by atoms with Crippen molar-refractivity contribution in [2.75, 3.05) is 0 Å². The van der Waals surface area contributed by atoms with Crippen LogP contribution in [0.4, 0.5) is 0 Å². The van der Waals surface area contributed by atoms with Crippen LogP contribution in [0.5, 0.6) is 5.75 Å². The van der Waals surface area contributed by atoms with Gasteiger partial charge in [0.05, 0.1) is 5.69 Å². The molecule has 0 saturated heterocycles. The molecule has 0 saturated carbocycles. The summed E-state index contributed by atoms with van der Waals surface area (Å²) in [6, 6.07) is 12.0. The van der Waals surface area contributed by atoms with Crippen LogP contribution in [0.1, 0.15) is 39.5 Å². The second kappa shape index (κ2) is 7.00. The minimum Gasteiger partial charge on any atom is -0.507 e. The number of hydrogen-bond acceptors (Lipinski definition) is 6. The highest BCUT2D eigenvalue weighted by Crippen LogP contribution is 2.29. The molecule has 0 radical (unpaired) electrons. The number of phenols is 1. The fourth-order valence-corrected chi connectivity index (χ4v) is 5.06. The molecule has 5 rings (SSSR count). The summed E-state index contributed by atoms with van der Waals surface area (Å²) in [5, 5.41) is 11.9. The number of nitrogens with zero attached hydrogens (tertiary/aromatic N) is 2. The van der Waals surface area contributed by atoms with E-state index in [1.807, 2.05) is 24.3 Å². The van der Waals surface area contributed by atoms with E-state index < -0.39 is 5.97 Å². The van der Waals surface area contributed by atoms with Gasteiger partial charge in [-0.3, -0.25) is 9.20 Å². The van der Waals surface area contributed by atoms with Gasteiger partial charge in [-0.2, -0.15) is 0 Å². The Bertz CT molecular complexity index is 1320. The molecule has 0 amide bonds. The Kier molecular flexibility index (Phi) is 4.32. The quantitative estimate of drug-likeness (QED) is 0.523. The van der Waals surface area contributed by atoms with Crippen LogP contribution in [-0.4, -0.2) is 20.5 Å². The van der Waals surface area contributed by atoms with Crippen molar-refractivity contribution in [3.8, 4) is 5.75 Å². The van der Waals surface area contributed by atoms with Gasteiger partial charge in [0.25, 0.3) is 5.56 Å². The maximum absolute atomic E-state index is 12.6. The van der Waals surface area contributed by atoms with E-state index in [4.69, 9.17) is 4.74 Å². The third-order valence-electron chi connectivity index (χ3n) is 5.25. The Morgan fingerprint density at radius 2 is 1.90 bits per heavy atom. The Balaban J connectivity index is 1.41. The molecule has 0 fully saturated rings. The largest absolute Gasteiger partial charge is 0.507 e. The molecule has 0 atom stereocenters. The summed E-state index contributed by atoms with van der Waals surface area (Å²) in [5.41, 5.74) is 1.42. The number of benzene rings is 2. The summed E-state index contributed by atoms with van der Waals surface area (Å²) in [5.74, 6) is -0.788. The highest BCUT2D eigenvalue weighted by Gasteiger charge is 2.19. The van der Waals surface area contributed by atoms with E-state index in [-0.39, 0.29) is 23.5 Å². The summed E-state index contributed by atoms with van der Waals surface area (Å²) in [6.07, 6.45) is 4.09. The number of aromatic hydroxyl groups is 1. The van der Waals surface area contributed by atoms with E-state index in [0.29, 0.717) is 10.7 Å². The first kappa shape index (κ1) is 17.9. The van der Waals surface area contributed by atoms with Crippen molar-refractivity contribution < 1.29 is 14.6 Å². The number of hydrogen-bond donors (Lipinski definition) is 1. The second-order valence-electron chi connectivity index (χ2n) is 7.18. The molecule has 0 spiro atoms. The normalized spacial score (nSPS) is 13.5. The van der Waals surface area contributed by atoms with Crippen molar-refractivity contribution in [1.82, 2.24) is 9.38 Å². The van der Waals surface area contributed by atoms with Gasteiger partial charge in [0.2, 0.25) is 0 Å². The molecule has 1 N–H and O–H groups in total. The third kappa shape index (κ3) is 3.17. The van der Waals surface area contributed by atoms with Gasteiger partial charge < -0.3 is 9.84 Å². The van der Waals surface area contributed by atoms with Crippen LogP contribution < -0.4 is 5.56 Å². The summed E-state index contributed by atoms with van der Waals surface area (Å²) in [4.78, 5) is 31.5. The molecular weight excluding hydrogens is 388 g/mol. The van der Waals surface area contributed by atoms with Crippen molar-refractivity contribution in [2.45, 2.75) is 32.3 Å². The van der Waals surface area contributed by atoms with Crippen LogP contribution in [0, 0.1) is 0 Å². The molecule has 0 unspecified atom stereocenters. The van der Waals surface area contributed by atoms with Crippen LogP contribution in [0.25, 0.3) is 15.7 Å². The number of thiazole rings is 1. The van der Waals surface area contributed by atoms with Crippen LogP contribution in [0.3, 0.4) is 0 Å². The summed E-state index contributed by atoms with van der Waals surface area (Å²) in [7, 11) is 0. The third-order valence-corrected chi connectivity index (χ3v) is 6.39. The van der Waals surface area contributed by atoms with Crippen molar-refractivity contribution in [1.29, 1.82) is 0 Å². The maximum Gasteiger partial charge on any atom is 0.342 e. The van der Waals surface area contributed by atoms with Gasteiger partial charge in [-0.25, -0.2) is 9.78 Å². The molecular formula is C22H18N2O4S. The number of esters is 1. The van der Waals surface area contributed by atoms with E-state index >= 15 is 0 Å². The zero-order valence-electron chi connectivity index (χ0n) is 15.6. The number of aromatic nitrogens is 2. The van der Waals surface area contributed by atoms with Gasteiger partial charge in [-0.1, -0.05) is 24.3 Å². The first-order chi connectivity index (χ1) is 14.1. The number of carbonyl (C=O) groups excluding carboxylic acids is 1. The zero-order valence-corrected chi connectivity index (χ0v) is 16.4. The predicted octanol–water partition coefficient (Wildman–Crippen LogP) is 3.85. The van der Waals surface area contributed by atoms with E-state index in [0.717, 1.165) is 42.1 Å². The highest BCUT2D eigenvalue weighted by atomic mass is 32.1. The van der Waals surface area contributed by atoms with Crippen molar-refractivity contribution in [3.63, 3.8) is 0 Å². The number of aryl methyl sites for hydroxylation is 2. The summed E-state index contributed by atoms with van der Waals surface area (Å²) < 4.78 is 7.03. The minimum absolute atomic E-state index is 0.0908. The molecule has 2 aromatic heterocycles. The lowest BCUT2D eigenvalue weighted by Gasteiger charge is -2.10. The van der Waals surface area contributed by atoms with Gasteiger partial charge in [-0.05, 0) is 48.6 Å². The van der Waals surface area contributed by atoms with E-state index in [2.05, 4.69) is 4.98 Å². The molecule has 2 heterocycles. The average molecular weight is 406 g/mol. The Morgan fingerprint density at radius 3 is 2.72 bits per heavy atom. The topological polar surface area (TPSA) is 80.9 Å². The van der Waals surface area contributed by atoms with E-state index in [1.165, 1.54) is 22.3 Å². The van der Waals surface area contributed by atoms with Crippen LogP contribution >= 0.6 is 11.3 Å². The van der Waals surface area contributed by atoms with Gasteiger partial charge >= 0.3 is 5.97 Å². The molecule has 2 aromatic carbocycles. The first-order valence-electron chi connectivity index (χ1n) is 9.52. The average Bonchev–Trinajstić information content (AvgIpc) is 3.10. The molecule has 1 aliphatic carbocycles. The fraction of sp³-hybridized carbons (Fsp3) is 0.227. The molecule has 0 aliphatic heterocycles. The number of fused-ring (bicyclic) bond motifs is 4. The molecule has 7 heteroatoms. The number of rotatable bonds is 3. The first-order valence-corrected chi connectivity index (χ1v) is 10.3. The lowest BCUT2D eigenvalue weighted by Crippen LogP contribution is -2.18. The van der Waals surface area contributed by atoms with E-state index in [1.54, 1.807) is 16.5 Å². The zero-order chi connectivity index (χ0) is 20.0. The fourth-order valence-electron chi connectivity index (χ4n) is 3.82. The molecule has 146 valence electrons. The smallest absolute Gasteiger partial charge is 0.342 e. The summed E-state index contributed by atoms with van der Waals surface area (Å²) >= 11 is 1.53. The van der Waals surface area contributed by atoms with Gasteiger partial charge in [-0.15, -0.1) is 11.3 Å². The van der Waals surface area contributed by atoms with Crippen LogP contribution in [-0.2, 0) is 24.2 Å². The number of carbonyl (C=O) groups is 1. The molecule has 29 heavy (non-hydrogen) atoms. The molecule has 4 aromatic rings. The SMILES string of the molecule is O=C(OCc1cc(=O)n2c3c(sc2n1)CCCC3)c1cc2ccccc2cc1O. The predicted molar refractivity (Wildman–Crippen MR) is 111 cm³/mol. The molecule has 6 nitrogen and oxygen atoms in total. The Morgan fingerprint density at radius 1 is 1.14 bits per heavy atom. The maximum atomic E-state index is 12.6. The van der Waals surface area contributed by atoms with Gasteiger partial charge in [0.15, 0.2) is 4.96 Å². The van der Waals surface area contributed by atoms with Gasteiger partial charge in [0, 0.05) is 16.6 Å². The van der Waals surface area contributed by atoms with Crippen LogP contribution in [0.15, 0.2) is 47.3 Å². The van der Waals surface area contributed by atoms with Crippen LogP contribution in [0.2, 0.25) is 0 Å². The lowest BCUT2D eigenvalue weighted by molar-refractivity contribution is 0.0464. The monoisotopic (exact) mass is 406 g/mol. The summed E-state index contributed by atoms with van der Waals surface area (Å²) in [6.45, 7) is -0.126. The van der Waals surface area contributed by atoms with Crippen molar-refractivity contribution in [2.24, 2.45) is 0 Å². The minimum atomic E-state index is -0.652. The van der Waals surface area contributed by atoms with E-state index in [9.17, 15) is 14.7 Å². The van der Waals surface area contributed by atoms with Gasteiger partial charge in [0.1, 0.15) is 17.9 Å². The molecule has 1 aliphatic rings. The molecule has 0 bridgehead atoms. The number of phenolic OH excluding ortho intramolecular Hbond substituents is 1. The van der Waals surface area contributed by atoms with Crippen molar-refractivity contribution in [3.05, 3.63) is 74.6 Å². The second-order valence-corrected chi connectivity index (χ2v) is 8.24. The lowest BCUT2D eigenvalue weighted by atomic mass is 10.0. The van der Waals surface area contributed by atoms with Crippen molar-refractivity contribution >= 4 is 33.0 Å². The number of ether oxygens (including phenoxy) is 1. The highest BCUT2D eigenvalue weighted by molar-refractivity contribution is 7.17. The Labute approximate surface area is 170 Å².